The van der Waals surface area contributed by atoms with Gasteiger partial charge in [0.05, 0.1) is 21.9 Å². The summed E-state index contributed by atoms with van der Waals surface area (Å²) in [5.41, 5.74) is 2.15. The number of thiazole rings is 1. The zero-order valence-electron chi connectivity index (χ0n) is 9.71. The van der Waals surface area contributed by atoms with Gasteiger partial charge in [-0.25, -0.2) is 9.97 Å². The van der Waals surface area contributed by atoms with Crippen LogP contribution in [0.1, 0.15) is 10.8 Å². The first-order chi connectivity index (χ1) is 8.88. The number of hydrogen-bond acceptors (Lipinski definition) is 3. The molecule has 0 spiro atoms. The van der Waals surface area contributed by atoms with Crippen LogP contribution in [0, 0.1) is 0 Å². The number of aryl methyl sites for hydroxylation is 2. The minimum atomic E-state index is 0.437. The van der Waals surface area contributed by atoms with E-state index in [2.05, 4.69) is 20.6 Å². The summed E-state index contributed by atoms with van der Waals surface area (Å²) in [6.45, 7) is 0.871. The van der Waals surface area contributed by atoms with E-state index in [-0.39, 0.29) is 0 Å². The normalized spacial score (nSPS) is 11.2. The number of hydrogen-bond donors (Lipinski definition) is 0. The molecule has 2 heterocycles. The van der Waals surface area contributed by atoms with Crippen molar-refractivity contribution in [1.82, 2.24) is 14.5 Å². The molecule has 18 heavy (non-hydrogen) atoms. The minimum Gasteiger partial charge on any atom is -0.327 e. The number of para-hydroxylation sites is 2. The van der Waals surface area contributed by atoms with Gasteiger partial charge >= 0.3 is 0 Å². The zero-order chi connectivity index (χ0) is 12.4. The molecule has 0 fully saturated rings. The molecule has 0 aliphatic rings. The Kier molecular flexibility index (Phi) is 3.30. The predicted octanol–water partition coefficient (Wildman–Crippen LogP) is 3.47. The van der Waals surface area contributed by atoms with E-state index < -0.39 is 0 Å². The van der Waals surface area contributed by atoms with Crippen molar-refractivity contribution < 1.29 is 0 Å². The van der Waals surface area contributed by atoms with E-state index >= 15 is 0 Å². The molecule has 0 aliphatic heterocycles. The Morgan fingerprint density at radius 2 is 2.17 bits per heavy atom. The Morgan fingerprint density at radius 1 is 1.28 bits per heavy atom. The summed E-state index contributed by atoms with van der Waals surface area (Å²) in [5.74, 6) is 1.36. The zero-order valence-corrected chi connectivity index (χ0v) is 11.3. The van der Waals surface area contributed by atoms with Gasteiger partial charge in [0.1, 0.15) is 5.82 Å². The molecule has 3 nitrogen and oxygen atoms in total. The topological polar surface area (TPSA) is 30.7 Å². The fourth-order valence-electron chi connectivity index (χ4n) is 2.06. The van der Waals surface area contributed by atoms with Crippen LogP contribution in [0.15, 0.2) is 35.8 Å². The van der Waals surface area contributed by atoms with Crippen LogP contribution < -0.4 is 0 Å². The molecular weight excluding hydrogens is 266 g/mol. The van der Waals surface area contributed by atoms with Crippen LogP contribution in [0.2, 0.25) is 0 Å². The lowest BCUT2D eigenvalue weighted by Gasteiger charge is -2.05. The molecule has 0 amide bonds. The number of fused-ring (bicyclic) bond motifs is 1. The van der Waals surface area contributed by atoms with Gasteiger partial charge in [0.2, 0.25) is 0 Å². The minimum absolute atomic E-state index is 0.437. The molecule has 2 aromatic heterocycles. The molecule has 0 N–H and O–H groups in total. The summed E-state index contributed by atoms with van der Waals surface area (Å²) in [6, 6.07) is 8.13. The second-order valence-electron chi connectivity index (χ2n) is 3.98. The Labute approximate surface area is 114 Å². The van der Waals surface area contributed by atoms with Crippen molar-refractivity contribution in [3.05, 3.63) is 46.7 Å². The maximum absolute atomic E-state index is 5.97. The van der Waals surface area contributed by atoms with Crippen molar-refractivity contribution >= 4 is 34.0 Å². The number of alkyl halides is 1. The largest absolute Gasteiger partial charge is 0.327 e. The highest BCUT2D eigenvalue weighted by Crippen LogP contribution is 2.18. The molecule has 0 aliphatic carbocycles. The lowest BCUT2D eigenvalue weighted by molar-refractivity contribution is 0.685. The molecule has 0 saturated heterocycles. The van der Waals surface area contributed by atoms with Gasteiger partial charge in [0.15, 0.2) is 0 Å². The van der Waals surface area contributed by atoms with Gasteiger partial charge in [0.25, 0.3) is 0 Å². The quantitative estimate of drug-likeness (QED) is 0.684. The van der Waals surface area contributed by atoms with E-state index in [1.54, 1.807) is 11.3 Å². The van der Waals surface area contributed by atoms with Gasteiger partial charge in [0, 0.05) is 24.5 Å². The highest BCUT2D eigenvalue weighted by Gasteiger charge is 2.09. The summed E-state index contributed by atoms with van der Waals surface area (Å²) < 4.78 is 2.18. The average molecular weight is 278 g/mol. The van der Waals surface area contributed by atoms with Gasteiger partial charge in [-0.15, -0.1) is 22.9 Å². The van der Waals surface area contributed by atoms with Gasteiger partial charge in [-0.3, -0.25) is 0 Å². The van der Waals surface area contributed by atoms with Crippen LogP contribution >= 0.6 is 22.9 Å². The van der Waals surface area contributed by atoms with Crippen molar-refractivity contribution in [2.75, 3.05) is 0 Å². The molecule has 1 aromatic carbocycles. The summed E-state index contributed by atoms with van der Waals surface area (Å²) in [4.78, 5) is 8.85. The second-order valence-corrected chi connectivity index (χ2v) is 5.22. The van der Waals surface area contributed by atoms with Crippen molar-refractivity contribution in [3.8, 4) is 0 Å². The van der Waals surface area contributed by atoms with E-state index in [1.807, 2.05) is 29.8 Å². The smallest absolute Gasteiger partial charge is 0.124 e. The van der Waals surface area contributed by atoms with E-state index in [0.717, 1.165) is 34.8 Å². The van der Waals surface area contributed by atoms with E-state index in [1.165, 1.54) is 0 Å². The third-order valence-corrected chi connectivity index (χ3v) is 3.96. The third kappa shape index (κ3) is 2.13. The van der Waals surface area contributed by atoms with Crippen molar-refractivity contribution in [2.24, 2.45) is 0 Å². The molecular formula is C13H12ClN3S. The molecule has 5 heteroatoms. The number of imidazole rings is 1. The van der Waals surface area contributed by atoms with E-state index in [4.69, 9.17) is 11.6 Å². The predicted molar refractivity (Wildman–Crippen MR) is 75.1 cm³/mol. The number of benzene rings is 1. The highest BCUT2D eigenvalue weighted by atomic mass is 35.5. The molecule has 92 valence electrons. The summed E-state index contributed by atoms with van der Waals surface area (Å²) >= 11 is 7.65. The van der Waals surface area contributed by atoms with Crippen molar-refractivity contribution in [1.29, 1.82) is 0 Å². The number of halogens is 1. The van der Waals surface area contributed by atoms with Crippen LogP contribution in [0.5, 0.6) is 0 Å². The molecule has 0 radical (unpaired) electrons. The Bertz CT molecular complexity index is 645. The maximum Gasteiger partial charge on any atom is 0.124 e. The lowest BCUT2D eigenvalue weighted by atomic mass is 10.3. The average Bonchev–Trinajstić information content (AvgIpc) is 3.03. The van der Waals surface area contributed by atoms with E-state index in [0.29, 0.717) is 5.88 Å². The van der Waals surface area contributed by atoms with E-state index in [9.17, 15) is 0 Å². The molecule has 3 rings (SSSR count). The lowest BCUT2D eigenvalue weighted by Crippen LogP contribution is -2.04. The monoisotopic (exact) mass is 277 g/mol. The Balaban J connectivity index is 1.94. The van der Waals surface area contributed by atoms with Gasteiger partial charge < -0.3 is 4.57 Å². The Morgan fingerprint density at radius 3 is 2.94 bits per heavy atom. The molecule has 0 saturated carbocycles. The maximum atomic E-state index is 5.97. The van der Waals surface area contributed by atoms with Crippen LogP contribution in [0.25, 0.3) is 11.0 Å². The number of aromatic nitrogens is 3. The standard InChI is InChI=1S/C13H12ClN3S/c14-9-12-16-10-3-1-2-4-11(10)17(12)7-5-13-15-6-8-18-13/h1-4,6,8H,5,7,9H2. The van der Waals surface area contributed by atoms with Gasteiger partial charge in [-0.05, 0) is 12.1 Å². The Hall–Kier alpha value is -1.39. The number of rotatable bonds is 4. The number of nitrogens with zero attached hydrogens (tertiary/aromatic N) is 3. The van der Waals surface area contributed by atoms with Crippen LogP contribution in [0.4, 0.5) is 0 Å². The highest BCUT2D eigenvalue weighted by molar-refractivity contribution is 7.09. The molecule has 3 aromatic rings. The molecule has 0 unspecified atom stereocenters. The first-order valence-electron chi connectivity index (χ1n) is 5.77. The summed E-state index contributed by atoms with van der Waals surface area (Å²) in [6.07, 6.45) is 2.76. The summed E-state index contributed by atoms with van der Waals surface area (Å²) in [5, 5.41) is 3.15. The fourth-order valence-corrected chi connectivity index (χ4v) is 2.87. The molecule has 0 bridgehead atoms. The second kappa shape index (κ2) is 5.08. The summed E-state index contributed by atoms with van der Waals surface area (Å²) in [7, 11) is 0. The van der Waals surface area contributed by atoms with Crippen LogP contribution in [-0.2, 0) is 18.8 Å². The first-order valence-corrected chi connectivity index (χ1v) is 7.18. The van der Waals surface area contributed by atoms with Gasteiger partial charge in [-0.2, -0.15) is 0 Å². The third-order valence-electron chi connectivity index (χ3n) is 2.89. The SMILES string of the molecule is ClCc1nc2ccccc2n1CCc1nccs1. The van der Waals surface area contributed by atoms with Gasteiger partial charge in [-0.1, -0.05) is 12.1 Å². The molecule has 0 atom stereocenters. The van der Waals surface area contributed by atoms with Crippen molar-refractivity contribution in [2.45, 2.75) is 18.8 Å². The first kappa shape index (κ1) is 11.7. The fraction of sp³-hybridized carbons (Fsp3) is 0.231. The van der Waals surface area contributed by atoms with Crippen LogP contribution in [0.3, 0.4) is 0 Å². The van der Waals surface area contributed by atoms with Crippen molar-refractivity contribution in [3.63, 3.8) is 0 Å². The van der Waals surface area contributed by atoms with Crippen LogP contribution in [-0.4, -0.2) is 14.5 Å².